The normalized spacial score (nSPS) is 19.7. The third kappa shape index (κ3) is 2.74. The van der Waals surface area contributed by atoms with E-state index in [1.54, 1.807) is 0 Å². The molecule has 0 radical (unpaired) electrons. The number of carbonyl (C=O) groups excluding carboxylic acids is 1. The molecule has 0 N–H and O–H groups in total. The molecule has 0 spiro atoms. The van der Waals surface area contributed by atoms with E-state index < -0.39 is 0 Å². The van der Waals surface area contributed by atoms with Gasteiger partial charge in [-0.15, -0.1) is 0 Å². The van der Waals surface area contributed by atoms with Gasteiger partial charge in [-0.1, -0.05) is 52.0 Å². The Hall–Kier alpha value is -1.89. The summed E-state index contributed by atoms with van der Waals surface area (Å²) in [5, 5.41) is 0. The van der Waals surface area contributed by atoms with Crippen LogP contribution in [0.25, 0.3) is 11.1 Å². The van der Waals surface area contributed by atoms with Crippen LogP contribution in [0.5, 0.6) is 0 Å². The number of benzene rings is 2. The van der Waals surface area contributed by atoms with Crippen LogP contribution in [0.4, 0.5) is 0 Å². The number of aryl methyl sites for hydroxylation is 1. The fourth-order valence-corrected chi connectivity index (χ4v) is 4.53. The number of fused-ring (bicyclic) bond motifs is 2. The average Bonchev–Trinajstić information content (AvgIpc) is 2.86. The largest absolute Gasteiger partial charge is 0.294 e. The number of carbonyl (C=O) groups is 1. The van der Waals surface area contributed by atoms with Crippen LogP contribution in [0.3, 0.4) is 0 Å². The summed E-state index contributed by atoms with van der Waals surface area (Å²) < 4.78 is 0. The molecular formula is C24H28O. The maximum atomic E-state index is 12.7. The lowest BCUT2D eigenvalue weighted by atomic mass is 9.80. The van der Waals surface area contributed by atoms with Crippen molar-refractivity contribution in [2.24, 2.45) is 5.92 Å². The Bertz CT molecular complexity index is 834. The first-order chi connectivity index (χ1) is 11.9. The molecule has 2 aromatic rings. The first kappa shape index (κ1) is 16.6. The molecule has 1 heteroatoms. The second-order valence-electron chi connectivity index (χ2n) is 8.92. The van der Waals surface area contributed by atoms with Crippen LogP contribution in [0.1, 0.15) is 73.1 Å². The van der Waals surface area contributed by atoms with E-state index in [4.69, 9.17) is 0 Å². The molecule has 0 fully saturated rings. The highest BCUT2D eigenvalue weighted by atomic mass is 16.1. The Kier molecular flexibility index (Phi) is 3.86. The molecule has 0 saturated heterocycles. The zero-order chi connectivity index (χ0) is 17.8. The highest BCUT2D eigenvalue weighted by Gasteiger charge is 2.32. The second kappa shape index (κ2) is 5.83. The molecule has 0 saturated carbocycles. The monoisotopic (exact) mass is 332 g/mol. The predicted octanol–water partition coefficient (Wildman–Crippen LogP) is 5.90. The molecule has 4 rings (SSSR count). The van der Waals surface area contributed by atoms with Gasteiger partial charge in [0, 0.05) is 11.5 Å². The Morgan fingerprint density at radius 1 is 0.960 bits per heavy atom. The standard InChI is InChI=1S/C24H28O/c1-15-13-20-21(23(15)25)14-17-7-5-6-8-19(17)22(20)16-9-11-18(12-10-16)24(2,3)4/h9-12,14-15H,5-8,13H2,1-4H3. The van der Waals surface area contributed by atoms with Gasteiger partial charge in [-0.05, 0) is 77.0 Å². The summed E-state index contributed by atoms with van der Waals surface area (Å²) in [4.78, 5) is 12.7. The molecule has 25 heavy (non-hydrogen) atoms. The van der Waals surface area contributed by atoms with Gasteiger partial charge in [-0.3, -0.25) is 4.79 Å². The van der Waals surface area contributed by atoms with Crippen LogP contribution in [0.2, 0.25) is 0 Å². The summed E-state index contributed by atoms with van der Waals surface area (Å²) in [6, 6.07) is 11.3. The summed E-state index contributed by atoms with van der Waals surface area (Å²) in [5.41, 5.74) is 9.45. The minimum atomic E-state index is 0.131. The van der Waals surface area contributed by atoms with E-state index >= 15 is 0 Å². The fourth-order valence-electron chi connectivity index (χ4n) is 4.53. The summed E-state index contributed by atoms with van der Waals surface area (Å²) >= 11 is 0. The van der Waals surface area contributed by atoms with Crippen LogP contribution >= 0.6 is 0 Å². The molecule has 0 aliphatic heterocycles. The van der Waals surface area contributed by atoms with Gasteiger partial charge in [-0.2, -0.15) is 0 Å². The van der Waals surface area contributed by atoms with Crippen LogP contribution in [-0.2, 0) is 24.7 Å². The van der Waals surface area contributed by atoms with Crippen molar-refractivity contribution in [1.29, 1.82) is 0 Å². The molecule has 1 unspecified atom stereocenters. The molecule has 1 atom stereocenters. The molecule has 0 bridgehead atoms. The molecule has 1 nitrogen and oxygen atoms in total. The molecule has 2 aliphatic rings. The highest BCUT2D eigenvalue weighted by Crippen LogP contribution is 2.42. The van der Waals surface area contributed by atoms with Crippen molar-refractivity contribution in [3.05, 3.63) is 58.1 Å². The first-order valence-corrected chi connectivity index (χ1v) is 9.69. The van der Waals surface area contributed by atoms with Crippen molar-refractivity contribution in [2.75, 3.05) is 0 Å². The van der Waals surface area contributed by atoms with Crippen molar-refractivity contribution >= 4 is 5.78 Å². The van der Waals surface area contributed by atoms with E-state index in [0.29, 0.717) is 5.78 Å². The Balaban J connectivity index is 1.91. The summed E-state index contributed by atoms with van der Waals surface area (Å²) in [5.74, 6) is 0.474. The van der Waals surface area contributed by atoms with E-state index in [1.165, 1.54) is 46.2 Å². The van der Waals surface area contributed by atoms with Crippen molar-refractivity contribution in [3.8, 4) is 11.1 Å². The van der Waals surface area contributed by atoms with Gasteiger partial charge in [-0.25, -0.2) is 0 Å². The van der Waals surface area contributed by atoms with E-state index in [2.05, 4.69) is 58.0 Å². The molecule has 2 aliphatic carbocycles. The van der Waals surface area contributed by atoms with E-state index in [-0.39, 0.29) is 11.3 Å². The molecular weight excluding hydrogens is 304 g/mol. The van der Waals surface area contributed by atoms with Gasteiger partial charge < -0.3 is 0 Å². The zero-order valence-electron chi connectivity index (χ0n) is 15.9. The highest BCUT2D eigenvalue weighted by molar-refractivity contribution is 6.04. The lowest BCUT2D eigenvalue weighted by molar-refractivity contribution is 0.0946. The summed E-state index contributed by atoms with van der Waals surface area (Å²) in [6.07, 6.45) is 5.69. The molecule has 2 aromatic carbocycles. The van der Waals surface area contributed by atoms with Crippen LogP contribution < -0.4 is 0 Å². The number of rotatable bonds is 1. The van der Waals surface area contributed by atoms with Gasteiger partial charge in [0.2, 0.25) is 0 Å². The van der Waals surface area contributed by atoms with Crippen molar-refractivity contribution in [2.45, 2.75) is 65.2 Å². The maximum absolute atomic E-state index is 12.7. The second-order valence-corrected chi connectivity index (χ2v) is 8.92. The Morgan fingerprint density at radius 2 is 1.64 bits per heavy atom. The molecule has 130 valence electrons. The summed E-state index contributed by atoms with van der Waals surface area (Å²) in [6.45, 7) is 8.84. The zero-order valence-corrected chi connectivity index (χ0v) is 15.9. The quantitative estimate of drug-likeness (QED) is 0.635. The number of Topliss-reactive ketones (excluding diaryl/α,β-unsaturated/α-hetero) is 1. The van der Waals surface area contributed by atoms with Crippen LogP contribution in [0, 0.1) is 5.92 Å². The maximum Gasteiger partial charge on any atom is 0.166 e. The topological polar surface area (TPSA) is 17.1 Å². The first-order valence-electron chi connectivity index (χ1n) is 9.69. The lowest BCUT2D eigenvalue weighted by Crippen LogP contribution is -2.11. The average molecular weight is 332 g/mol. The number of hydrogen-bond acceptors (Lipinski definition) is 1. The van der Waals surface area contributed by atoms with Gasteiger partial charge in [0.15, 0.2) is 5.78 Å². The van der Waals surface area contributed by atoms with E-state index in [1.807, 2.05) is 0 Å². The SMILES string of the molecule is CC1Cc2c(cc3c(c2-c2ccc(C(C)(C)C)cc2)CCCC3)C1=O. The van der Waals surface area contributed by atoms with Crippen molar-refractivity contribution in [1.82, 2.24) is 0 Å². The van der Waals surface area contributed by atoms with Crippen molar-refractivity contribution in [3.63, 3.8) is 0 Å². The predicted molar refractivity (Wildman–Crippen MR) is 104 cm³/mol. The third-order valence-electron chi connectivity index (χ3n) is 6.02. The van der Waals surface area contributed by atoms with E-state index in [0.717, 1.165) is 24.8 Å². The lowest BCUT2D eigenvalue weighted by Gasteiger charge is -2.24. The fraction of sp³-hybridized carbons (Fsp3) is 0.458. The molecule has 0 amide bonds. The molecule has 0 heterocycles. The van der Waals surface area contributed by atoms with Gasteiger partial charge in [0.25, 0.3) is 0 Å². The number of hydrogen-bond donors (Lipinski definition) is 0. The minimum absolute atomic E-state index is 0.131. The van der Waals surface area contributed by atoms with Crippen LogP contribution in [-0.4, -0.2) is 5.78 Å². The van der Waals surface area contributed by atoms with Gasteiger partial charge in [0.05, 0.1) is 0 Å². The number of ketones is 1. The van der Waals surface area contributed by atoms with Crippen LogP contribution in [0.15, 0.2) is 30.3 Å². The van der Waals surface area contributed by atoms with Gasteiger partial charge in [0.1, 0.15) is 0 Å². The smallest absolute Gasteiger partial charge is 0.166 e. The molecule has 0 aromatic heterocycles. The third-order valence-corrected chi connectivity index (χ3v) is 6.02. The van der Waals surface area contributed by atoms with Gasteiger partial charge >= 0.3 is 0 Å². The minimum Gasteiger partial charge on any atom is -0.294 e. The van der Waals surface area contributed by atoms with Crippen molar-refractivity contribution < 1.29 is 4.79 Å². The Morgan fingerprint density at radius 3 is 2.32 bits per heavy atom. The Labute approximate surface area is 151 Å². The van der Waals surface area contributed by atoms with E-state index in [9.17, 15) is 4.79 Å². The summed E-state index contributed by atoms with van der Waals surface area (Å²) in [7, 11) is 0.